The third-order valence-corrected chi connectivity index (χ3v) is 3.05. The molecule has 94 valence electrons. The van der Waals surface area contributed by atoms with Crippen molar-refractivity contribution in [1.29, 1.82) is 0 Å². The lowest BCUT2D eigenvalue weighted by Crippen LogP contribution is -2.33. The molecule has 0 N–H and O–H groups in total. The van der Waals surface area contributed by atoms with Crippen molar-refractivity contribution in [1.82, 2.24) is 19.7 Å². The Morgan fingerprint density at radius 2 is 1.89 bits per heavy atom. The van der Waals surface area contributed by atoms with Crippen LogP contribution in [0, 0.1) is 11.6 Å². The molecule has 0 amide bonds. The fourth-order valence-electron chi connectivity index (χ4n) is 2.21. The maximum Gasteiger partial charge on any atom is 0.147 e. The van der Waals surface area contributed by atoms with Crippen LogP contribution in [0.2, 0.25) is 0 Å². The fraction of sp³-hybridized carbons (Fsp3) is 0.333. The van der Waals surface area contributed by atoms with E-state index in [0.717, 1.165) is 25.0 Å². The summed E-state index contributed by atoms with van der Waals surface area (Å²) in [6.45, 7) is 2.79. The first-order chi connectivity index (χ1) is 8.70. The predicted molar refractivity (Wildman–Crippen MR) is 60.5 cm³/mol. The lowest BCUT2D eigenvalue weighted by molar-refractivity contribution is 0.208. The van der Waals surface area contributed by atoms with E-state index in [1.54, 1.807) is 6.33 Å². The largest absolute Gasteiger partial charge is 0.315 e. The molecule has 4 nitrogen and oxygen atoms in total. The summed E-state index contributed by atoms with van der Waals surface area (Å²) in [5.74, 6) is -0.187. The van der Waals surface area contributed by atoms with Gasteiger partial charge in [-0.2, -0.15) is 0 Å². The quantitative estimate of drug-likeness (QED) is 0.811. The summed E-state index contributed by atoms with van der Waals surface area (Å²) < 4.78 is 28.2. The molecule has 0 unspecified atom stereocenters. The number of hydrogen-bond donors (Lipinski definition) is 0. The normalized spacial score (nSPS) is 15.7. The molecular formula is C12H12F2N4. The molecule has 1 aliphatic rings. The highest BCUT2D eigenvalue weighted by Crippen LogP contribution is 2.15. The van der Waals surface area contributed by atoms with E-state index in [0.29, 0.717) is 18.7 Å². The van der Waals surface area contributed by atoms with E-state index in [2.05, 4.69) is 15.1 Å². The SMILES string of the molecule is Fc1cc(F)cc(CN2CCn3cnnc3C2)c1. The zero-order chi connectivity index (χ0) is 12.5. The molecule has 0 saturated heterocycles. The molecule has 0 fully saturated rings. The van der Waals surface area contributed by atoms with Crippen LogP contribution in [0.25, 0.3) is 0 Å². The van der Waals surface area contributed by atoms with E-state index in [-0.39, 0.29) is 0 Å². The summed E-state index contributed by atoms with van der Waals surface area (Å²) in [5, 5.41) is 7.85. The Hall–Kier alpha value is -1.82. The van der Waals surface area contributed by atoms with Crippen LogP contribution in [-0.2, 0) is 19.6 Å². The first-order valence-electron chi connectivity index (χ1n) is 5.75. The van der Waals surface area contributed by atoms with Gasteiger partial charge in [-0.3, -0.25) is 4.90 Å². The summed E-state index contributed by atoms with van der Waals surface area (Å²) in [6, 6.07) is 3.61. The van der Waals surface area contributed by atoms with Crippen LogP contribution >= 0.6 is 0 Å². The molecule has 0 bridgehead atoms. The van der Waals surface area contributed by atoms with Crippen LogP contribution in [0.1, 0.15) is 11.4 Å². The highest BCUT2D eigenvalue weighted by Gasteiger charge is 2.17. The van der Waals surface area contributed by atoms with Crippen molar-refractivity contribution in [3.8, 4) is 0 Å². The zero-order valence-electron chi connectivity index (χ0n) is 9.68. The van der Waals surface area contributed by atoms with Crippen LogP contribution in [0.15, 0.2) is 24.5 Å². The number of hydrogen-bond acceptors (Lipinski definition) is 3. The van der Waals surface area contributed by atoms with E-state index < -0.39 is 11.6 Å². The van der Waals surface area contributed by atoms with Crippen LogP contribution in [0.5, 0.6) is 0 Å². The Morgan fingerprint density at radius 1 is 1.11 bits per heavy atom. The fourth-order valence-corrected chi connectivity index (χ4v) is 2.21. The van der Waals surface area contributed by atoms with E-state index in [1.165, 1.54) is 12.1 Å². The number of halogens is 2. The molecule has 1 aromatic heterocycles. The monoisotopic (exact) mass is 250 g/mol. The molecule has 0 radical (unpaired) electrons. The van der Waals surface area contributed by atoms with Crippen molar-refractivity contribution >= 4 is 0 Å². The molecule has 0 atom stereocenters. The molecule has 0 aliphatic carbocycles. The molecule has 2 aromatic rings. The predicted octanol–water partition coefficient (Wildman–Crippen LogP) is 1.57. The number of benzene rings is 1. The summed E-state index contributed by atoms with van der Waals surface area (Å²) in [4.78, 5) is 2.10. The summed E-state index contributed by atoms with van der Waals surface area (Å²) in [6.07, 6.45) is 1.70. The molecule has 1 aliphatic heterocycles. The average Bonchev–Trinajstić information content (AvgIpc) is 2.74. The van der Waals surface area contributed by atoms with Gasteiger partial charge >= 0.3 is 0 Å². The summed E-state index contributed by atoms with van der Waals surface area (Å²) in [7, 11) is 0. The van der Waals surface area contributed by atoms with Gasteiger partial charge in [-0.1, -0.05) is 0 Å². The Kier molecular flexibility index (Phi) is 2.79. The van der Waals surface area contributed by atoms with Crippen molar-refractivity contribution in [3.63, 3.8) is 0 Å². The van der Waals surface area contributed by atoms with Crippen LogP contribution < -0.4 is 0 Å². The van der Waals surface area contributed by atoms with Gasteiger partial charge in [0.05, 0.1) is 6.54 Å². The Morgan fingerprint density at radius 3 is 2.67 bits per heavy atom. The number of rotatable bonds is 2. The number of nitrogens with zero attached hydrogens (tertiary/aromatic N) is 4. The van der Waals surface area contributed by atoms with Crippen LogP contribution in [0.4, 0.5) is 8.78 Å². The van der Waals surface area contributed by atoms with Gasteiger partial charge in [0.1, 0.15) is 23.8 Å². The maximum atomic E-state index is 13.1. The van der Waals surface area contributed by atoms with E-state index in [1.807, 2.05) is 4.57 Å². The van der Waals surface area contributed by atoms with Crippen molar-refractivity contribution in [2.75, 3.05) is 6.54 Å². The van der Waals surface area contributed by atoms with E-state index in [4.69, 9.17) is 0 Å². The van der Waals surface area contributed by atoms with Crippen molar-refractivity contribution < 1.29 is 8.78 Å². The first kappa shape index (κ1) is 11.3. The summed E-state index contributed by atoms with van der Waals surface area (Å²) in [5.41, 5.74) is 0.639. The Balaban J connectivity index is 1.74. The summed E-state index contributed by atoms with van der Waals surface area (Å²) >= 11 is 0. The molecule has 18 heavy (non-hydrogen) atoms. The van der Waals surface area contributed by atoms with Gasteiger partial charge in [0, 0.05) is 25.7 Å². The highest BCUT2D eigenvalue weighted by molar-refractivity contribution is 5.18. The second-order valence-electron chi connectivity index (χ2n) is 4.43. The standard InChI is InChI=1S/C12H12F2N4/c13-10-3-9(4-11(14)5-10)6-17-1-2-18-8-15-16-12(18)7-17/h3-5,8H,1-2,6-7H2. The van der Waals surface area contributed by atoms with Crippen molar-refractivity contribution in [3.05, 3.63) is 47.5 Å². The minimum atomic E-state index is -0.537. The molecular weight excluding hydrogens is 238 g/mol. The number of aromatic nitrogens is 3. The maximum absolute atomic E-state index is 13.1. The van der Waals surface area contributed by atoms with Gasteiger partial charge < -0.3 is 4.57 Å². The van der Waals surface area contributed by atoms with Crippen LogP contribution in [0.3, 0.4) is 0 Å². The molecule has 6 heteroatoms. The Bertz CT molecular complexity index is 547. The molecule has 0 spiro atoms. The van der Waals surface area contributed by atoms with Gasteiger partial charge in [-0.15, -0.1) is 10.2 Å². The van der Waals surface area contributed by atoms with E-state index in [9.17, 15) is 8.78 Å². The minimum Gasteiger partial charge on any atom is -0.315 e. The minimum absolute atomic E-state index is 0.515. The second kappa shape index (κ2) is 4.45. The molecule has 3 rings (SSSR count). The zero-order valence-corrected chi connectivity index (χ0v) is 9.68. The molecule has 1 aromatic carbocycles. The molecule has 0 saturated carbocycles. The van der Waals surface area contributed by atoms with Gasteiger partial charge in [-0.25, -0.2) is 8.78 Å². The lowest BCUT2D eigenvalue weighted by atomic mass is 10.2. The second-order valence-corrected chi connectivity index (χ2v) is 4.43. The van der Waals surface area contributed by atoms with Gasteiger partial charge in [0.25, 0.3) is 0 Å². The van der Waals surface area contributed by atoms with E-state index >= 15 is 0 Å². The smallest absolute Gasteiger partial charge is 0.147 e. The molecule has 2 heterocycles. The third-order valence-electron chi connectivity index (χ3n) is 3.05. The topological polar surface area (TPSA) is 34.0 Å². The number of fused-ring (bicyclic) bond motifs is 1. The van der Waals surface area contributed by atoms with Crippen LogP contribution in [-0.4, -0.2) is 26.2 Å². The third kappa shape index (κ3) is 2.24. The average molecular weight is 250 g/mol. The van der Waals surface area contributed by atoms with Gasteiger partial charge in [0.2, 0.25) is 0 Å². The van der Waals surface area contributed by atoms with Gasteiger partial charge in [0.15, 0.2) is 0 Å². The first-order valence-corrected chi connectivity index (χ1v) is 5.75. The Labute approximate surface area is 103 Å². The van der Waals surface area contributed by atoms with Crippen molar-refractivity contribution in [2.24, 2.45) is 0 Å². The lowest BCUT2D eigenvalue weighted by Gasteiger charge is -2.26. The van der Waals surface area contributed by atoms with Gasteiger partial charge in [-0.05, 0) is 17.7 Å². The highest BCUT2D eigenvalue weighted by atomic mass is 19.1. The van der Waals surface area contributed by atoms with Crippen molar-refractivity contribution in [2.45, 2.75) is 19.6 Å².